The Morgan fingerprint density at radius 1 is 1.21 bits per heavy atom. The lowest BCUT2D eigenvalue weighted by Gasteiger charge is -2.43. The molecule has 1 unspecified atom stereocenters. The van der Waals surface area contributed by atoms with Gasteiger partial charge in [0, 0.05) is 32.2 Å². The van der Waals surface area contributed by atoms with Crippen LogP contribution in [-0.4, -0.2) is 67.5 Å². The summed E-state index contributed by atoms with van der Waals surface area (Å²) in [4.78, 5) is 30.2. The summed E-state index contributed by atoms with van der Waals surface area (Å²) in [5, 5.41) is 3.14. The van der Waals surface area contributed by atoms with Gasteiger partial charge in [0.2, 0.25) is 11.8 Å². The largest absolute Gasteiger partial charge is 0.497 e. The highest BCUT2D eigenvalue weighted by Gasteiger charge is 2.46. The number of benzene rings is 1. The molecule has 4 rings (SSSR count). The van der Waals surface area contributed by atoms with Crippen LogP contribution >= 0.6 is 12.4 Å². The Hall–Kier alpha value is -1.79. The van der Waals surface area contributed by atoms with Crippen molar-refractivity contribution in [3.63, 3.8) is 0 Å². The maximum Gasteiger partial charge on any atom is 0.236 e. The third-order valence-corrected chi connectivity index (χ3v) is 6.74. The number of amides is 2. The van der Waals surface area contributed by atoms with Crippen molar-refractivity contribution in [2.45, 2.75) is 50.0 Å². The van der Waals surface area contributed by atoms with E-state index in [-0.39, 0.29) is 30.3 Å². The van der Waals surface area contributed by atoms with Crippen molar-refractivity contribution in [3.05, 3.63) is 29.8 Å². The molecule has 160 valence electrons. The molecule has 29 heavy (non-hydrogen) atoms. The van der Waals surface area contributed by atoms with Crippen LogP contribution in [0.5, 0.6) is 5.75 Å². The number of hydrogen-bond donors (Lipinski definition) is 1. The van der Waals surface area contributed by atoms with Crippen LogP contribution in [0.2, 0.25) is 0 Å². The number of halogens is 1. The molecule has 0 spiro atoms. The average molecular weight is 422 g/mol. The molecule has 7 heteroatoms. The highest BCUT2D eigenvalue weighted by Crippen LogP contribution is 2.44. The van der Waals surface area contributed by atoms with Crippen molar-refractivity contribution >= 4 is 24.2 Å². The lowest BCUT2D eigenvalue weighted by atomic mass is 9.77. The van der Waals surface area contributed by atoms with Gasteiger partial charge in [-0.2, -0.15) is 0 Å². The first-order valence-electron chi connectivity index (χ1n) is 10.6. The summed E-state index contributed by atoms with van der Waals surface area (Å²) in [7, 11) is 1.67. The normalized spacial score (nSPS) is 24.2. The first kappa shape index (κ1) is 21.9. The van der Waals surface area contributed by atoms with E-state index in [0.717, 1.165) is 69.5 Å². The first-order chi connectivity index (χ1) is 13.6. The molecule has 1 atom stereocenters. The minimum Gasteiger partial charge on any atom is -0.497 e. The highest BCUT2D eigenvalue weighted by atomic mass is 35.5. The number of hydrogen-bond acceptors (Lipinski definition) is 4. The fourth-order valence-corrected chi connectivity index (χ4v) is 5.23. The smallest absolute Gasteiger partial charge is 0.236 e. The number of ether oxygens (including phenoxy) is 1. The van der Waals surface area contributed by atoms with Crippen molar-refractivity contribution in [2.24, 2.45) is 0 Å². The summed E-state index contributed by atoms with van der Waals surface area (Å²) in [6.07, 6.45) is 5.90. The number of methoxy groups -OCH3 is 1. The number of piperazine rings is 1. The monoisotopic (exact) mass is 421 g/mol. The molecule has 2 amide bonds. The van der Waals surface area contributed by atoms with Crippen LogP contribution in [0, 0.1) is 0 Å². The van der Waals surface area contributed by atoms with Crippen molar-refractivity contribution in [1.82, 2.24) is 15.1 Å². The predicted molar refractivity (Wildman–Crippen MR) is 115 cm³/mol. The fourth-order valence-electron chi connectivity index (χ4n) is 5.23. The lowest BCUT2D eigenvalue weighted by molar-refractivity contribution is -0.143. The molecular weight excluding hydrogens is 390 g/mol. The molecule has 1 aromatic rings. The summed E-state index contributed by atoms with van der Waals surface area (Å²) in [6, 6.07) is 8.18. The van der Waals surface area contributed by atoms with Crippen molar-refractivity contribution in [1.29, 1.82) is 0 Å². The van der Waals surface area contributed by atoms with E-state index in [1.54, 1.807) is 7.11 Å². The van der Waals surface area contributed by atoms with Gasteiger partial charge in [-0.25, -0.2) is 0 Å². The molecule has 1 N–H and O–H groups in total. The van der Waals surface area contributed by atoms with Gasteiger partial charge in [0.1, 0.15) is 5.75 Å². The van der Waals surface area contributed by atoms with Crippen LogP contribution in [0.1, 0.15) is 44.1 Å². The van der Waals surface area contributed by atoms with E-state index in [1.165, 1.54) is 0 Å². The van der Waals surface area contributed by atoms with Gasteiger partial charge in [-0.3, -0.25) is 9.59 Å². The van der Waals surface area contributed by atoms with E-state index in [0.29, 0.717) is 13.1 Å². The predicted octanol–water partition coefficient (Wildman–Crippen LogP) is 2.35. The van der Waals surface area contributed by atoms with Gasteiger partial charge in [-0.15, -0.1) is 12.4 Å². The summed E-state index contributed by atoms with van der Waals surface area (Å²) in [5.74, 6) is 1.21. The second kappa shape index (κ2) is 9.35. The molecule has 0 radical (unpaired) electrons. The summed E-state index contributed by atoms with van der Waals surface area (Å²) >= 11 is 0. The Morgan fingerprint density at radius 2 is 2.00 bits per heavy atom. The summed E-state index contributed by atoms with van der Waals surface area (Å²) in [6.45, 7) is 3.45. The average Bonchev–Trinajstić information content (AvgIpc) is 3.25. The molecule has 2 aliphatic heterocycles. The van der Waals surface area contributed by atoms with Gasteiger partial charge in [0.25, 0.3) is 0 Å². The molecule has 0 bridgehead atoms. The van der Waals surface area contributed by atoms with Gasteiger partial charge in [-0.1, -0.05) is 25.0 Å². The SMILES string of the molecule is COc1cccc(C2(C(=O)N3CCCC(N4CCNCC4=O)C3)CCCC2)c1.Cl. The molecule has 3 fully saturated rings. The number of carbonyl (C=O) groups is 2. The second-order valence-corrected chi connectivity index (χ2v) is 8.33. The van der Waals surface area contributed by atoms with Gasteiger partial charge in [-0.05, 0) is 43.4 Å². The van der Waals surface area contributed by atoms with Crippen LogP contribution in [0.15, 0.2) is 24.3 Å². The van der Waals surface area contributed by atoms with E-state index in [4.69, 9.17) is 4.74 Å². The third-order valence-electron chi connectivity index (χ3n) is 6.74. The first-order valence-corrected chi connectivity index (χ1v) is 10.6. The number of nitrogens with one attached hydrogen (secondary N) is 1. The van der Waals surface area contributed by atoms with Crippen molar-refractivity contribution < 1.29 is 14.3 Å². The number of nitrogens with zero attached hydrogens (tertiary/aromatic N) is 2. The Bertz CT molecular complexity index is 736. The Labute approximate surface area is 179 Å². The van der Waals surface area contributed by atoms with E-state index >= 15 is 0 Å². The Morgan fingerprint density at radius 3 is 2.72 bits per heavy atom. The maximum absolute atomic E-state index is 13.8. The molecule has 3 aliphatic rings. The molecule has 2 saturated heterocycles. The van der Waals surface area contributed by atoms with Crippen LogP contribution in [0.3, 0.4) is 0 Å². The van der Waals surface area contributed by atoms with E-state index in [9.17, 15) is 9.59 Å². The standard InChI is InChI=1S/C22H31N3O3.ClH/c1-28-19-8-4-6-17(14-19)22(9-2-3-10-22)21(27)24-12-5-7-18(16-24)25-13-11-23-15-20(25)26;/h4,6,8,14,18,23H,2-3,5,7,9-13,15-16H2,1H3;1H. The van der Waals surface area contributed by atoms with Gasteiger partial charge in [0.15, 0.2) is 0 Å². The summed E-state index contributed by atoms with van der Waals surface area (Å²) in [5.41, 5.74) is 0.638. The van der Waals surface area contributed by atoms with Gasteiger partial charge in [0.05, 0.1) is 19.1 Å². The lowest BCUT2D eigenvalue weighted by Crippen LogP contribution is -2.59. The minimum absolute atomic E-state index is 0. The molecule has 0 aromatic heterocycles. The molecule has 6 nitrogen and oxygen atoms in total. The van der Waals surface area contributed by atoms with Crippen LogP contribution < -0.4 is 10.1 Å². The second-order valence-electron chi connectivity index (χ2n) is 8.33. The Kier molecular flexibility index (Phi) is 7.06. The minimum atomic E-state index is -0.441. The van der Waals surface area contributed by atoms with Crippen LogP contribution in [-0.2, 0) is 15.0 Å². The molecule has 2 heterocycles. The highest BCUT2D eigenvalue weighted by molar-refractivity contribution is 5.89. The zero-order valence-corrected chi connectivity index (χ0v) is 18.0. The fraction of sp³-hybridized carbons (Fsp3) is 0.636. The molecule has 1 aliphatic carbocycles. The summed E-state index contributed by atoms with van der Waals surface area (Å²) < 4.78 is 5.42. The topological polar surface area (TPSA) is 61.9 Å². The number of carbonyl (C=O) groups excluding carboxylic acids is 2. The van der Waals surface area contributed by atoms with Gasteiger partial charge >= 0.3 is 0 Å². The third kappa shape index (κ3) is 4.24. The molecule has 1 aromatic carbocycles. The number of piperidine rings is 1. The van der Waals surface area contributed by atoms with E-state index < -0.39 is 5.41 Å². The maximum atomic E-state index is 13.8. The quantitative estimate of drug-likeness (QED) is 0.810. The molecular formula is C22H32ClN3O3. The van der Waals surface area contributed by atoms with Crippen LogP contribution in [0.4, 0.5) is 0 Å². The number of likely N-dealkylation sites (tertiary alicyclic amines) is 1. The Balaban J connectivity index is 0.00000240. The number of rotatable bonds is 4. The van der Waals surface area contributed by atoms with Crippen molar-refractivity contribution in [3.8, 4) is 5.75 Å². The molecule has 1 saturated carbocycles. The van der Waals surface area contributed by atoms with Crippen LogP contribution in [0.25, 0.3) is 0 Å². The van der Waals surface area contributed by atoms with Gasteiger partial charge < -0.3 is 19.9 Å². The zero-order chi connectivity index (χ0) is 19.6. The van der Waals surface area contributed by atoms with Crippen molar-refractivity contribution in [2.75, 3.05) is 39.8 Å². The van der Waals surface area contributed by atoms with E-state index in [2.05, 4.69) is 11.4 Å². The zero-order valence-electron chi connectivity index (χ0n) is 17.2. The van der Waals surface area contributed by atoms with E-state index in [1.807, 2.05) is 28.0 Å².